The lowest BCUT2D eigenvalue weighted by Crippen LogP contribution is -2.21. The molecule has 3 aromatic rings. The second-order valence-electron chi connectivity index (χ2n) is 4.64. The van der Waals surface area contributed by atoms with E-state index in [1.54, 1.807) is 35.0 Å². The first kappa shape index (κ1) is 16.2. The van der Waals surface area contributed by atoms with Gasteiger partial charge in [-0.2, -0.15) is 16.4 Å². The third-order valence-electron chi connectivity index (χ3n) is 2.99. The zero-order chi connectivity index (χ0) is 16.9. The molecule has 0 fully saturated rings. The largest absolute Gasteiger partial charge is 0.452 e. The Morgan fingerprint density at radius 1 is 1.33 bits per heavy atom. The van der Waals surface area contributed by atoms with Gasteiger partial charge < -0.3 is 10.1 Å². The molecule has 1 aromatic carbocycles. The molecule has 24 heavy (non-hydrogen) atoms. The Bertz CT molecular complexity index is 850. The smallest absolute Gasteiger partial charge is 0.339 e. The van der Waals surface area contributed by atoms with Crippen molar-refractivity contribution in [2.45, 2.75) is 0 Å². The van der Waals surface area contributed by atoms with Gasteiger partial charge >= 0.3 is 5.97 Å². The van der Waals surface area contributed by atoms with E-state index in [0.29, 0.717) is 22.0 Å². The average molecular weight is 363 g/mol. The van der Waals surface area contributed by atoms with Gasteiger partial charge in [0.1, 0.15) is 12.7 Å². The van der Waals surface area contributed by atoms with Gasteiger partial charge in [0, 0.05) is 10.4 Å². The molecule has 2 aromatic heterocycles. The number of halogens is 1. The third-order valence-corrected chi connectivity index (χ3v) is 3.91. The van der Waals surface area contributed by atoms with Crippen LogP contribution in [0.2, 0.25) is 5.02 Å². The van der Waals surface area contributed by atoms with Crippen molar-refractivity contribution in [3.8, 4) is 5.69 Å². The topological polar surface area (TPSA) is 86.1 Å². The highest BCUT2D eigenvalue weighted by Gasteiger charge is 2.13. The first-order chi connectivity index (χ1) is 11.6. The summed E-state index contributed by atoms with van der Waals surface area (Å²) in [4.78, 5) is 27.6. The standard InChI is InChI=1S/C15H11ClN4O3S/c16-11-1-2-13(20-9-17-8-18-20)12(5-11)19-14(21)6-23-15(22)10-3-4-24-7-10/h1-5,7-9H,6H2,(H,19,21). The van der Waals surface area contributed by atoms with E-state index in [4.69, 9.17) is 16.3 Å². The van der Waals surface area contributed by atoms with Crippen molar-refractivity contribution in [1.29, 1.82) is 0 Å². The van der Waals surface area contributed by atoms with Crippen molar-refractivity contribution < 1.29 is 14.3 Å². The van der Waals surface area contributed by atoms with Gasteiger partial charge in [0.2, 0.25) is 0 Å². The summed E-state index contributed by atoms with van der Waals surface area (Å²) in [5.41, 5.74) is 1.44. The van der Waals surface area contributed by atoms with Crippen molar-refractivity contribution in [2.75, 3.05) is 11.9 Å². The van der Waals surface area contributed by atoms with Gasteiger partial charge in [-0.15, -0.1) is 0 Å². The normalized spacial score (nSPS) is 10.4. The van der Waals surface area contributed by atoms with Gasteiger partial charge in [-0.3, -0.25) is 4.79 Å². The fraction of sp³-hybridized carbons (Fsp3) is 0.0667. The van der Waals surface area contributed by atoms with Crippen molar-refractivity contribution in [2.24, 2.45) is 0 Å². The molecule has 0 saturated carbocycles. The highest BCUT2D eigenvalue weighted by Crippen LogP contribution is 2.23. The Labute approximate surface area is 145 Å². The Morgan fingerprint density at radius 3 is 2.92 bits per heavy atom. The molecule has 0 saturated heterocycles. The number of hydrogen-bond donors (Lipinski definition) is 1. The summed E-state index contributed by atoms with van der Waals surface area (Å²) in [5.74, 6) is -1.03. The maximum Gasteiger partial charge on any atom is 0.339 e. The number of ether oxygens (including phenoxy) is 1. The maximum atomic E-state index is 12.0. The Hall–Kier alpha value is -2.71. The number of aromatic nitrogens is 3. The summed E-state index contributed by atoms with van der Waals surface area (Å²) < 4.78 is 6.46. The van der Waals surface area contributed by atoms with Crippen molar-refractivity contribution in [3.63, 3.8) is 0 Å². The summed E-state index contributed by atoms with van der Waals surface area (Å²) >= 11 is 7.35. The molecule has 0 atom stereocenters. The molecule has 9 heteroatoms. The van der Waals surface area contributed by atoms with E-state index in [9.17, 15) is 9.59 Å². The number of thiophene rings is 1. The Morgan fingerprint density at radius 2 is 2.21 bits per heavy atom. The number of carbonyl (C=O) groups excluding carboxylic acids is 2. The second-order valence-corrected chi connectivity index (χ2v) is 5.85. The number of nitrogens with one attached hydrogen (secondary N) is 1. The van der Waals surface area contributed by atoms with Gasteiger partial charge in [0.15, 0.2) is 6.61 Å². The summed E-state index contributed by atoms with van der Waals surface area (Å²) in [6, 6.07) is 6.58. The number of amides is 1. The van der Waals surface area contributed by atoms with E-state index in [2.05, 4.69) is 15.4 Å². The molecule has 0 radical (unpaired) electrons. The van der Waals surface area contributed by atoms with Crippen LogP contribution in [0.25, 0.3) is 5.69 Å². The molecule has 122 valence electrons. The van der Waals surface area contributed by atoms with Crippen LogP contribution in [0.4, 0.5) is 5.69 Å². The highest BCUT2D eigenvalue weighted by atomic mass is 35.5. The van der Waals surface area contributed by atoms with E-state index in [1.807, 2.05) is 0 Å². The number of nitrogens with zero attached hydrogens (tertiary/aromatic N) is 3. The molecule has 0 aliphatic heterocycles. The molecule has 1 amide bonds. The van der Waals surface area contributed by atoms with Gasteiger partial charge in [-0.1, -0.05) is 11.6 Å². The lowest BCUT2D eigenvalue weighted by Gasteiger charge is -2.11. The van der Waals surface area contributed by atoms with Gasteiger partial charge in [0.25, 0.3) is 5.91 Å². The van der Waals surface area contributed by atoms with E-state index in [0.717, 1.165) is 0 Å². The minimum Gasteiger partial charge on any atom is -0.452 e. The molecule has 2 heterocycles. The SMILES string of the molecule is O=C(COC(=O)c1ccsc1)Nc1cc(Cl)ccc1-n1cncn1. The third kappa shape index (κ3) is 3.79. The zero-order valence-corrected chi connectivity index (χ0v) is 13.8. The lowest BCUT2D eigenvalue weighted by molar-refractivity contribution is -0.119. The van der Waals surface area contributed by atoms with Crippen LogP contribution >= 0.6 is 22.9 Å². The molecule has 1 N–H and O–H groups in total. The number of carbonyl (C=O) groups is 2. The molecular formula is C15H11ClN4O3S. The lowest BCUT2D eigenvalue weighted by atomic mass is 10.2. The summed E-state index contributed by atoms with van der Waals surface area (Å²) in [6.45, 7) is -0.405. The van der Waals surface area contributed by atoms with Crippen LogP contribution in [0, 0.1) is 0 Å². The zero-order valence-electron chi connectivity index (χ0n) is 12.2. The number of hydrogen-bond acceptors (Lipinski definition) is 6. The molecule has 0 aliphatic rings. The summed E-state index contributed by atoms with van der Waals surface area (Å²) in [5, 5.41) is 10.5. The first-order valence-electron chi connectivity index (χ1n) is 6.77. The molecule has 0 bridgehead atoms. The molecule has 0 unspecified atom stereocenters. The van der Waals surface area contributed by atoms with Crippen molar-refractivity contribution in [3.05, 3.63) is 58.3 Å². The van der Waals surface area contributed by atoms with E-state index in [1.165, 1.54) is 28.7 Å². The number of esters is 1. The van der Waals surface area contributed by atoms with Crippen LogP contribution in [0.5, 0.6) is 0 Å². The van der Waals surface area contributed by atoms with Crippen LogP contribution < -0.4 is 5.32 Å². The maximum absolute atomic E-state index is 12.0. The number of anilines is 1. The Balaban J connectivity index is 1.68. The fourth-order valence-corrected chi connectivity index (χ4v) is 2.72. The fourth-order valence-electron chi connectivity index (χ4n) is 1.92. The highest BCUT2D eigenvalue weighted by molar-refractivity contribution is 7.08. The second kappa shape index (κ2) is 7.24. The number of benzene rings is 1. The molecular weight excluding hydrogens is 352 g/mol. The summed E-state index contributed by atoms with van der Waals surface area (Å²) in [6.07, 6.45) is 2.87. The van der Waals surface area contributed by atoms with E-state index < -0.39 is 18.5 Å². The van der Waals surface area contributed by atoms with Crippen LogP contribution in [0.15, 0.2) is 47.7 Å². The van der Waals surface area contributed by atoms with Crippen LogP contribution in [-0.2, 0) is 9.53 Å². The summed E-state index contributed by atoms with van der Waals surface area (Å²) in [7, 11) is 0. The molecule has 0 aliphatic carbocycles. The predicted molar refractivity (Wildman–Crippen MR) is 89.6 cm³/mol. The predicted octanol–water partition coefficient (Wildman–Crippen LogP) is 2.78. The monoisotopic (exact) mass is 362 g/mol. The van der Waals surface area contributed by atoms with Crippen LogP contribution in [0.1, 0.15) is 10.4 Å². The quantitative estimate of drug-likeness (QED) is 0.705. The minimum atomic E-state index is -0.547. The van der Waals surface area contributed by atoms with Gasteiger partial charge in [0.05, 0.1) is 16.9 Å². The van der Waals surface area contributed by atoms with Crippen molar-refractivity contribution >= 4 is 40.5 Å². The first-order valence-corrected chi connectivity index (χ1v) is 8.09. The Kier molecular flexibility index (Phi) is 4.88. The van der Waals surface area contributed by atoms with Gasteiger partial charge in [-0.25, -0.2) is 14.5 Å². The minimum absolute atomic E-state index is 0.405. The molecule has 0 spiro atoms. The van der Waals surface area contributed by atoms with E-state index in [-0.39, 0.29) is 0 Å². The van der Waals surface area contributed by atoms with Crippen molar-refractivity contribution in [1.82, 2.24) is 14.8 Å². The van der Waals surface area contributed by atoms with Crippen LogP contribution in [-0.4, -0.2) is 33.2 Å². The molecule has 7 nitrogen and oxygen atoms in total. The van der Waals surface area contributed by atoms with Gasteiger partial charge in [-0.05, 0) is 29.6 Å². The van der Waals surface area contributed by atoms with Crippen LogP contribution in [0.3, 0.4) is 0 Å². The molecule has 3 rings (SSSR count). The van der Waals surface area contributed by atoms with E-state index >= 15 is 0 Å². The average Bonchev–Trinajstić information content (AvgIpc) is 3.26. The number of rotatable bonds is 5.